The zero-order valence-corrected chi connectivity index (χ0v) is 18.3. The van der Waals surface area contributed by atoms with Crippen molar-refractivity contribution < 1.29 is 0 Å². The Kier molecular flexibility index (Phi) is 5.37. The van der Waals surface area contributed by atoms with E-state index in [-0.39, 0.29) is 6.04 Å². The number of hydrogen-bond acceptors (Lipinski definition) is 1. The maximum atomic E-state index is 5.15. The van der Waals surface area contributed by atoms with Crippen molar-refractivity contribution in [2.24, 2.45) is 4.99 Å². The van der Waals surface area contributed by atoms with Crippen molar-refractivity contribution >= 4 is 22.9 Å². The Morgan fingerprint density at radius 3 is 2.43 bits per heavy atom. The van der Waals surface area contributed by atoms with Gasteiger partial charge in [-0.25, -0.2) is 0 Å². The Morgan fingerprint density at radius 1 is 0.933 bits per heavy atom. The highest BCUT2D eigenvalue weighted by Crippen LogP contribution is 2.49. The van der Waals surface area contributed by atoms with E-state index < -0.39 is 0 Å². The van der Waals surface area contributed by atoms with E-state index in [1.54, 1.807) is 0 Å². The first-order chi connectivity index (χ1) is 14.7. The number of nitrogens with zero attached hydrogens (tertiary/aromatic N) is 2. The fourth-order valence-corrected chi connectivity index (χ4v) is 5.54. The minimum absolute atomic E-state index is 0.257. The van der Waals surface area contributed by atoms with Gasteiger partial charge >= 0.3 is 0 Å². The minimum atomic E-state index is 0.257. The molecular weight excluding hydrogens is 366 g/mol. The molecule has 0 radical (unpaired) electrons. The van der Waals surface area contributed by atoms with Crippen LogP contribution in [0.5, 0.6) is 0 Å². The van der Waals surface area contributed by atoms with Crippen molar-refractivity contribution in [3.63, 3.8) is 0 Å². The molecule has 3 aromatic rings. The SMILES string of the molecule is Cc1c(C2C(C)c3ccccc3N2C=NC2CCCCCCC2)[nH]c2ccccc12. The van der Waals surface area contributed by atoms with Gasteiger partial charge in [-0.2, -0.15) is 0 Å². The summed E-state index contributed by atoms with van der Waals surface area (Å²) in [5.74, 6) is 0.414. The molecule has 1 fully saturated rings. The third kappa shape index (κ3) is 3.45. The fraction of sp³-hybridized carbons (Fsp3) is 0.444. The average molecular weight is 400 g/mol. The summed E-state index contributed by atoms with van der Waals surface area (Å²) in [4.78, 5) is 11.3. The largest absolute Gasteiger partial charge is 0.356 e. The number of rotatable bonds is 3. The zero-order valence-electron chi connectivity index (χ0n) is 18.3. The molecule has 3 heteroatoms. The Balaban J connectivity index is 1.53. The molecule has 5 rings (SSSR count). The molecule has 156 valence electrons. The van der Waals surface area contributed by atoms with E-state index in [2.05, 4.69) is 78.6 Å². The number of aliphatic imine (C=N–C) groups is 1. The second-order valence-corrected chi connectivity index (χ2v) is 9.17. The molecule has 2 unspecified atom stereocenters. The number of aryl methyl sites for hydroxylation is 1. The average Bonchev–Trinajstić information content (AvgIpc) is 3.22. The number of anilines is 1. The highest BCUT2D eigenvalue weighted by Gasteiger charge is 2.38. The zero-order chi connectivity index (χ0) is 20.5. The first-order valence-electron chi connectivity index (χ1n) is 11.7. The maximum Gasteiger partial charge on any atom is 0.0904 e. The highest BCUT2D eigenvalue weighted by atomic mass is 15.2. The molecule has 2 aliphatic rings. The standard InChI is InChI=1S/C27H33N3/c1-19-22-14-8-10-16-24(22)29-26(19)27-20(2)23-15-9-11-17-25(23)30(27)18-28-21-12-6-4-3-5-7-13-21/h8-11,14-18,20-21,27,29H,3-7,12-13H2,1-2H3. The lowest BCUT2D eigenvalue weighted by molar-refractivity contribution is 0.455. The summed E-state index contributed by atoms with van der Waals surface area (Å²) in [7, 11) is 0. The Labute approximate surface area is 180 Å². The normalized spacial score (nSPS) is 23.1. The number of fused-ring (bicyclic) bond motifs is 2. The highest BCUT2D eigenvalue weighted by molar-refractivity contribution is 5.88. The van der Waals surface area contributed by atoms with Crippen LogP contribution in [0, 0.1) is 6.92 Å². The van der Waals surface area contributed by atoms with Crippen molar-refractivity contribution in [2.45, 2.75) is 76.8 Å². The smallest absolute Gasteiger partial charge is 0.0904 e. The Bertz CT molecular complexity index is 1040. The molecule has 1 aromatic heterocycles. The molecule has 1 saturated carbocycles. The molecular formula is C27H33N3. The third-order valence-electron chi connectivity index (χ3n) is 7.26. The van der Waals surface area contributed by atoms with Crippen LogP contribution in [0.15, 0.2) is 53.5 Å². The molecule has 1 aliphatic carbocycles. The van der Waals surface area contributed by atoms with Crippen LogP contribution in [0.1, 0.15) is 80.7 Å². The maximum absolute atomic E-state index is 5.15. The topological polar surface area (TPSA) is 31.4 Å². The van der Waals surface area contributed by atoms with Crippen LogP contribution in [0.25, 0.3) is 10.9 Å². The lowest BCUT2D eigenvalue weighted by Gasteiger charge is -2.26. The molecule has 2 heterocycles. The molecule has 3 nitrogen and oxygen atoms in total. The lowest BCUT2D eigenvalue weighted by atomic mass is 9.93. The van der Waals surface area contributed by atoms with Gasteiger partial charge in [-0.1, -0.05) is 75.4 Å². The summed E-state index contributed by atoms with van der Waals surface area (Å²) in [6.07, 6.45) is 11.4. The predicted octanol–water partition coefficient (Wildman–Crippen LogP) is 7.28. The second-order valence-electron chi connectivity index (χ2n) is 9.17. The van der Waals surface area contributed by atoms with Gasteiger partial charge in [0.2, 0.25) is 0 Å². The quantitative estimate of drug-likeness (QED) is 0.364. The van der Waals surface area contributed by atoms with Gasteiger partial charge in [-0.3, -0.25) is 4.99 Å². The monoisotopic (exact) mass is 399 g/mol. The summed E-state index contributed by atoms with van der Waals surface area (Å²) in [5.41, 5.74) is 6.64. The van der Waals surface area contributed by atoms with Crippen molar-refractivity contribution in [1.29, 1.82) is 0 Å². The molecule has 1 aliphatic heterocycles. The summed E-state index contributed by atoms with van der Waals surface area (Å²) in [6.45, 7) is 4.62. The molecule has 30 heavy (non-hydrogen) atoms. The van der Waals surface area contributed by atoms with Gasteiger partial charge in [0, 0.05) is 28.2 Å². The number of aromatic nitrogens is 1. The van der Waals surface area contributed by atoms with E-state index in [0.717, 1.165) is 0 Å². The van der Waals surface area contributed by atoms with Crippen molar-refractivity contribution in [1.82, 2.24) is 4.98 Å². The van der Waals surface area contributed by atoms with E-state index in [1.807, 2.05) is 0 Å². The number of H-pyrrole nitrogens is 1. The van der Waals surface area contributed by atoms with Gasteiger partial charge in [-0.05, 0) is 43.0 Å². The second kappa shape index (κ2) is 8.29. The molecule has 1 N–H and O–H groups in total. The molecule has 0 spiro atoms. The lowest BCUT2D eigenvalue weighted by Crippen LogP contribution is -2.26. The van der Waals surface area contributed by atoms with Crippen LogP contribution in [-0.4, -0.2) is 17.4 Å². The summed E-state index contributed by atoms with van der Waals surface area (Å²) >= 11 is 0. The number of aromatic amines is 1. The van der Waals surface area contributed by atoms with Crippen LogP contribution in [0.4, 0.5) is 5.69 Å². The van der Waals surface area contributed by atoms with Crippen LogP contribution in [0.2, 0.25) is 0 Å². The van der Waals surface area contributed by atoms with Crippen molar-refractivity contribution in [3.05, 3.63) is 65.4 Å². The molecule has 0 amide bonds. The number of hydrogen-bond donors (Lipinski definition) is 1. The molecule has 2 atom stereocenters. The van der Waals surface area contributed by atoms with E-state index in [1.165, 1.54) is 78.4 Å². The Morgan fingerprint density at radius 2 is 1.63 bits per heavy atom. The molecule has 0 bridgehead atoms. The number of benzene rings is 2. The number of nitrogens with one attached hydrogen (secondary N) is 1. The van der Waals surface area contributed by atoms with Gasteiger partial charge in [0.15, 0.2) is 0 Å². The van der Waals surface area contributed by atoms with Crippen LogP contribution in [-0.2, 0) is 0 Å². The third-order valence-corrected chi connectivity index (χ3v) is 7.26. The van der Waals surface area contributed by atoms with Crippen LogP contribution in [0.3, 0.4) is 0 Å². The molecule has 0 saturated heterocycles. The van der Waals surface area contributed by atoms with E-state index in [0.29, 0.717) is 12.0 Å². The minimum Gasteiger partial charge on any atom is -0.356 e. The van der Waals surface area contributed by atoms with E-state index in [9.17, 15) is 0 Å². The molecule has 2 aromatic carbocycles. The van der Waals surface area contributed by atoms with E-state index >= 15 is 0 Å². The van der Waals surface area contributed by atoms with Gasteiger partial charge in [0.25, 0.3) is 0 Å². The van der Waals surface area contributed by atoms with Crippen LogP contribution >= 0.6 is 0 Å². The fourth-order valence-electron chi connectivity index (χ4n) is 5.54. The van der Waals surface area contributed by atoms with Crippen LogP contribution < -0.4 is 4.90 Å². The van der Waals surface area contributed by atoms with Gasteiger partial charge < -0.3 is 9.88 Å². The first kappa shape index (κ1) is 19.4. The number of para-hydroxylation sites is 2. The van der Waals surface area contributed by atoms with Crippen molar-refractivity contribution in [3.8, 4) is 0 Å². The summed E-state index contributed by atoms with van der Waals surface area (Å²) < 4.78 is 0. The summed E-state index contributed by atoms with van der Waals surface area (Å²) in [6, 6.07) is 18.3. The van der Waals surface area contributed by atoms with Gasteiger partial charge in [0.05, 0.1) is 18.4 Å². The van der Waals surface area contributed by atoms with Crippen molar-refractivity contribution in [2.75, 3.05) is 4.90 Å². The Hall–Kier alpha value is -2.55. The van der Waals surface area contributed by atoms with Gasteiger partial charge in [0.1, 0.15) is 0 Å². The van der Waals surface area contributed by atoms with Gasteiger partial charge in [-0.15, -0.1) is 0 Å². The predicted molar refractivity (Wildman–Crippen MR) is 128 cm³/mol. The first-order valence-corrected chi connectivity index (χ1v) is 11.7. The summed E-state index contributed by atoms with van der Waals surface area (Å²) in [5, 5.41) is 1.33. The van der Waals surface area contributed by atoms with E-state index in [4.69, 9.17) is 4.99 Å².